The molecule has 0 N–H and O–H groups in total. The predicted octanol–water partition coefficient (Wildman–Crippen LogP) is 2.69. The molecular formula is C12H7N2O. The number of nitrogens with zero attached hydrogens (tertiary/aromatic N) is 2. The lowest BCUT2D eigenvalue weighted by molar-refractivity contribution is 0.619. The van der Waals surface area contributed by atoms with Gasteiger partial charge in [-0.25, -0.2) is 4.98 Å². The third-order valence-electron chi connectivity index (χ3n) is 2.16. The van der Waals surface area contributed by atoms with Crippen LogP contribution in [0.2, 0.25) is 0 Å². The SMILES string of the molecule is [c]1ccc2oc(-c3ccncc3)nc2c1. The lowest BCUT2D eigenvalue weighted by Crippen LogP contribution is -1.76. The first-order valence-electron chi connectivity index (χ1n) is 4.60. The molecule has 3 rings (SSSR count). The first kappa shape index (κ1) is 8.17. The zero-order chi connectivity index (χ0) is 10.1. The zero-order valence-electron chi connectivity index (χ0n) is 7.84. The summed E-state index contributed by atoms with van der Waals surface area (Å²) < 4.78 is 5.60. The van der Waals surface area contributed by atoms with Gasteiger partial charge in [-0.3, -0.25) is 4.98 Å². The summed E-state index contributed by atoms with van der Waals surface area (Å²) in [7, 11) is 0. The molecule has 0 saturated carbocycles. The Balaban J connectivity index is 2.21. The van der Waals surface area contributed by atoms with E-state index in [2.05, 4.69) is 16.0 Å². The Morgan fingerprint density at radius 3 is 2.80 bits per heavy atom. The van der Waals surface area contributed by atoms with Crippen LogP contribution in [-0.2, 0) is 0 Å². The minimum Gasteiger partial charge on any atom is -0.436 e. The van der Waals surface area contributed by atoms with Gasteiger partial charge in [-0.15, -0.1) is 0 Å². The number of rotatable bonds is 1. The van der Waals surface area contributed by atoms with Crippen LogP contribution in [0.25, 0.3) is 22.6 Å². The molecule has 0 aliphatic carbocycles. The Morgan fingerprint density at radius 1 is 1.13 bits per heavy atom. The fourth-order valence-corrected chi connectivity index (χ4v) is 1.44. The molecule has 2 heterocycles. The van der Waals surface area contributed by atoms with Gasteiger partial charge in [0.25, 0.3) is 0 Å². The van der Waals surface area contributed by atoms with E-state index in [4.69, 9.17) is 4.42 Å². The lowest BCUT2D eigenvalue weighted by atomic mass is 10.3. The second-order valence-corrected chi connectivity index (χ2v) is 3.15. The molecule has 71 valence electrons. The molecule has 3 heteroatoms. The molecule has 0 aliphatic rings. The van der Waals surface area contributed by atoms with Gasteiger partial charge in [0, 0.05) is 18.0 Å². The van der Waals surface area contributed by atoms with Crippen LogP contribution in [0.3, 0.4) is 0 Å². The monoisotopic (exact) mass is 195 g/mol. The third kappa shape index (κ3) is 1.38. The quantitative estimate of drug-likeness (QED) is 0.599. The zero-order valence-corrected chi connectivity index (χ0v) is 7.84. The van der Waals surface area contributed by atoms with Crippen molar-refractivity contribution >= 4 is 11.1 Å². The summed E-state index contributed by atoms with van der Waals surface area (Å²) in [6.07, 6.45) is 3.44. The van der Waals surface area contributed by atoms with Crippen LogP contribution < -0.4 is 0 Å². The van der Waals surface area contributed by atoms with Gasteiger partial charge in [0.1, 0.15) is 5.52 Å². The van der Waals surface area contributed by atoms with E-state index in [-0.39, 0.29) is 0 Å². The van der Waals surface area contributed by atoms with E-state index in [9.17, 15) is 0 Å². The Kier molecular flexibility index (Phi) is 1.75. The topological polar surface area (TPSA) is 38.9 Å². The first-order chi connectivity index (χ1) is 7.43. The van der Waals surface area contributed by atoms with Gasteiger partial charge >= 0.3 is 0 Å². The van der Waals surface area contributed by atoms with Gasteiger partial charge in [-0.05, 0) is 30.3 Å². The highest BCUT2D eigenvalue weighted by atomic mass is 16.3. The number of pyridine rings is 1. The predicted molar refractivity (Wildman–Crippen MR) is 56.1 cm³/mol. The average molecular weight is 195 g/mol. The summed E-state index contributed by atoms with van der Waals surface area (Å²) in [5, 5.41) is 0. The van der Waals surface area contributed by atoms with E-state index in [0.29, 0.717) is 5.89 Å². The van der Waals surface area contributed by atoms with E-state index in [1.54, 1.807) is 12.4 Å². The molecule has 0 fully saturated rings. The van der Waals surface area contributed by atoms with Crippen molar-refractivity contribution in [3.05, 3.63) is 48.8 Å². The second-order valence-electron chi connectivity index (χ2n) is 3.15. The van der Waals surface area contributed by atoms with E-state index in [1.165, 1.54) is 0 Å². The van der Waals surface area contributed by atoms with Crippen molar-refractivity contribution in [2.45, 2.75) is 0 Å². The first-order valence-corrected chi connectivity index (χ1v) is 4.60. The molecule has 0 saturated heterocycles. The van der Waals surface area contributed by atoms with Crippen molar-refractivity contribution in [2.75, 3.05) is 0 Å². The molecule has 0 atom stereocenters. The minimum absolute atomic E-state index is 0.618. The van der Waals surface area contributed by atoms with Crippen molar-refractivity contribution in [2.24, 2.45) is 0 Å². The normalized spacial score (nSPS) is 10.7. The van der Waals surface area contributed by atoms with E-state index in [1.807, 2.05) is 30.3 Å². The van der Waals surface area contributed by atoms with Gasteiger partial charge in [0.05, 0.1) is 0 Å². The van der Waals surface area contributed by atoms with E-state index < -0.39 is 0 Å². The molecule has 0 aliphatic heterocycles. The number of aromatic nitrogens is 2. The molecule has 2 aromatic heterocycles. The number of oxazole rings is 1. The van der Waals surface area contributed by atoms with Gasteiger partial charge in [-0.2, -0.15) is 0 Å². The fourth-order valence-electron chi connectivity index (χ4n) is 1.44. The molecule has 1 aromatic carbocycles. The van der Waals surface area contributed by atoms with E-state index in [0.717, 1.165) is 16.7 Å². The molecule has 3 aromatic rings. The molecule has 0 spiro atoms. The van der Waals surface area contributed by atoms with Crippen molar-refractivity contribution in [3.8, 4) is 11.5 Å². The van der Waals surface area contributed by atoms with Crippen LogP contribution >= 0.6 is 0 Å². The summed E-state index contributed by atoms with van der Waals surface area (Å²) in [4.78, 5) is 8.31. The molecule has 0 bridgehead atoms. The summed E-state index contributed by atoms with van der Waals surface area (Å²) >= 11 is 0. The van der Waals surface area contributed by atoms with Crippen molar-refractivity contribution in [3.63, 3.8) is 0 Å². The maximum atomic E-state index is 5.60. The van der Waals surface area contributed by atoms with Crippen LogP contribution in [0.15, 0.2) is 47.1 Å². The Hall–Kier alpha value is -2.16. The van der Waals surface area contributed by atoms with Crippen LogP contribution in [-0.4, -0.2) is 9.97 Å². The van der Waals surface area contributed by atoms with Gasteiger partial charge in [0.2, 0.25) is 5.89 Å². The highest BCUT2D eigenvalue weighted by molar-refractivity contribution is 5.75. The highest BCUT2D eigenvalue weighted by Crippen LogP contribution is 2.22. The van der Waals surface area contributed by atoms with Crippen LogP contribution in [0.1, 0.15) is 0 Å². The van der Waals surface area contributed by atoms with Crippen molar-refractivity contribution in [1.29, 1.82) is 0 Å². The summed E-state index contributed by atoms with van der Waals surface area (Å²) in [5.41, 5.74) is 2.53. The summed E-state index contributed by atoms with van der Waals surface area (Å²) in [6, 6.07) is 12.2. The number of hydrogen-bond acceptors (Lipinski definition) is 3. The largest absolute Gasteiger partial charge is 0.436 e. The van der Waals surface area contributed by atoms with E-state index >= 15 is 0 Å². The average Bonchev–Trinajstić information content (AvgIpc) is 2.74. The number of hydrogen-bond donors (Lipinski definition) is 0. The lowest BCUT2D eigenvalue weighted by Gasteiger charge is -1.91. The molecule has 15 heavy (non-hydrogen) atoms. The Labute approximate surface area is 86.4 Å². The molecular weight excluding hydrogens is 188 g/mol. The van der Waals surface area contributed by atoms with Crippen LogP contribution in [0, 0.1) is 6.07 Å². The Morgan fingerprint density at radius 2 is 2.00 bits per heavy atom. The second kappa shape index (κ2) is 3.20. The molecule has 1 radical (unpaired) electrons. The standard InChI is InChI=1S/C12H7N2O/c1-2-4-11-10(3-1)14-12(15-11)9-5-7-13-8-6-9/h2-8H. The third-order valence-corrected chi connectivity index (χ3v) is 2.16. The van der Waals surface area contributed by atoms with Gasteiger partial charge in [-0.1, -0.05) is 6.07 Å². The molecule has 0 unspecified atom stereocenters. The molecule has 3 nitrogen and oxygen atoms in total. The maximum absolute atomic E-state index is 5.60. The van der Waals surface area contributed by atoms with Crippen molar-refractivity contribution < 1.29 is 4.42 Å². The maximum Gasteiger partial charge on any atom is 0.227 e. The fraction of sp³-hybridized carbons (Fsp3) is 0. The number of benzene rings is 1. The van der Waals surface area contributed by atoms with Crippen molar-refractivity contribution in [1.82, 2.24) is 9.97 Å². The smallest absolute Gasteiger partial charge is 0.227 e. The number of fused-ring (bicyclic) bond motifs is 1. The van der Waals surface area contributed by atoms with Crippen LogP contribution in [0.5, 0.6) is 0 Å². The highest BCUT2D eigenvalue weighted by Gasteiger charge is 2.06. The Bertz CT molecular complexity index is 554. The summed E-state index contributed by atoms with van der Waals surface area (Å²) in [6.45, 7) is 0. The van der Waals surface area contributed by atoms with Gasteiger partial charge < -0.3 is 4.42 Å². The molecule has 0 amide bonds. The van der Waals surface area contributed by atoms with Gasteiger partial charge in [0.15, 0.2) is 5.58 Å². The summed E-state index contributed by atoms with van der Waals surface area (Å²) in [5.74, 6) is 0.618. The van der Waals surface area contributed by atoms with Crippen LogP contribution in [0.4, 0.5) is 0 Å². The minimum atomic E-state index is 0.618.